The molecule has 21 heavy (non-hydrogen) atoms. The molecule has 0 spiro atoms. The summed E-state index contributed by atoms with van der Waals surface area (Å²) in [6, 6.07) is -0.0636. The average molecular weight is 297 g/mol. The zero-order chi connectivity index (χ0) is 15.6. The Balaban J connectivity index is 2.15. The van der Waals surface area contributed by atoms with Crippen LogP contribution < -0.4 is 5.32 Å². The Morgan fingerprint density at radius 1 is 1.57 bits per heavy atom. The Morgan fingerprint density at radius 2 is 2.29 bits per heavy atom. The number of ether oxygens (including phenoxy) is 1. The van der Waals surface area contributed by atoms with Crippen LogP contribution in [0.1, 0.15) is 18.5 Å². The van der Waals surface area contributed by atoms with Gasteiger partial charge in [-0.1, -0.05) is 0 Å². The van der Waals surface area contributed by atoms with Crippen LogP contribution in [0, 0.1) is 17.0 Å². The quantitative estimate of drug-likeness (QED) is 0.666. The van der Waals surface area contributed by atoms with Crippen molar-refractivity contribution in [1.29, 1.82) is 0 Å². The normalized spacial score (nSPS) is 18.4. The third kappa shape index (κ3) is 3.06. The van der Waals surface area contributed by atoms with Gasteiger partial charge in [-0.05, 0) is 19.8 Å². The zero-order valence-electron chi connectivity index (χ0n) is 12.3. The monoisotopic (exact) mass is 297 g/mol. The Hall–Kier alpha value is -2.32. The van der Waals surface area contributed by atoms with Gasteiger partial charge in [-0.2, -0.15) is 5.10 Å². The van der Waals surface area contributed by atoms with Crippen LogP contribution in [0.4, 0.5) is 16.3 Å². The van der Waals surface area contributed by atoms with Crippen LogP contribution >= 0.6 is 0 Å². The standard InChI is InChI=1S/C12H19N5O4/c1-8-10(17(19)20)11(15(2)14-8)13-9-5-4-6-16(7-9)12(18)21-3/h9,13H,4-7H2,1-3H3. The summed E-state index contributed by atoms with van der Waals surface area (Å²) >= 11 is 0. The van der Waals surface area contributed by atoms with Crippen molar-refractivity contribution in [3.63, 3.8) is 0 Å². The summed E-state index contributed by atoms with van der Waals surface area (Å²) in [5.41, 5.74) is 0.346. The largest absolute Gasteiger partial charge is 0.453 e. The molecule has 0 saturated carbocycles. The number of rotatable bonds is 3. The lowest BCUT2D eigenvalue weighted by molar-refractivity contribution is -0.384. The molecule has 116 valence electrons. The fourth-order valence-corrected chi connectivity index (χ4v) is 2.61. The summed E-state index contributed by atoms with van der Waals surface area (Å²) < 4.78 is 6.17. The van der Waals surface area contributed by atoms with E-state index in [0.717, 1.165) is 12.8 Å². The number of nitrogens with one attached hydrogen (secondary N) is 1. The highest BCUT2D eigenvalue weighted by molar-refractivity contribution is 5.68. The highest BCUT2D eigenvalue weighted by Gasteiger charge is 2.29. The number of methoxy groups -OCH3 is 1. The molecule has 1 aliphatic rings. The first-order valence-electron chi connectivity index (χ1n) is 6.71. The van der Waals surface area contributed by atoms with Crippen molar-refractivity contribution in [2.75, 3.05) is 25.5 Å². The average Bonchev–Trinajstić information content (AvgIpc) is 2.72. The number of hydrogen-bond acceptors (Lipinski definition) is 6. The first kappa shape index (κ1) is 15.1. The van der Waals surface area contributed by atoms with Gasteiger partial charge in [0.25, 0.3) is 0 Å². The van der Waals surface area contributed by atoms with Crippen LogP contribution in [-0.2, 0) is 11.8 Å². The van der Waals surface area contributed by atoms with E-state index in [0.29, 0.717) is 24.6 Å². The predicted molar refractivity (Wildman–Crippen MR) is 75.2 cm³/mol. The third-order valence-electron chi connectivity index (χ3n) is 3.57. The van der Waals surface area contributed by atoms with Gasteiger partial charge < -0.3 is 15.0 Å². The minimum Gasteiger partial charge on any atom is -0.453 e. The number of nitrogens with zero attached hydrogens (tertiary/aromatic N) is 4. The van der Waals surface area contributed by atoms with Crippen molar-refractivity contribution >= 4 is 17.6 Å². The molecule has 0 radical (unpaired) electrons. The maximum absolute atomic E-state index is 11.6. The van der Waals surface area contributed by atoms with E-state index in [1.165, 1.54) is 11.8 Å². The highest BCUT2D eigenvalue weighted by Crippen LogP contribution is 2.29. The fourth-order valence-electron chi connectivity index (χ4n) is 2.61. The molecule has 2 rings (SSSR count). The molecule has 1 aromatic rings. The van der Waals surface area contributed by atoms with Crippen molar-refractivity contribution in [3.8, 4) is 0 Å². The molecule has 9 heteroatoms. The second kappa shape index (κ2) is 5.98. The van der Waals surface area contributed by atoms with Gasteiger partial charge in [-0.25, -0.2) is 9.48 Å². The highest BCUT2D eigenvalue weighted by atomic mass is 16.6. The maximum Gasteiger partial charge on any atom is 0.409 e. The van der Waals surface area contributed by atoms with Crippen molar-refractivity contribution in [2.24, 2.45) is 7.05 Å². The van der Waals surface area contributed by atoms with Crippen molar-refractivity contribution in [3.05, 3.63) is 15.8 Å². The second-order valence-corrected chi connectivity index (χ2v) is 5.06. The van der Waals surface area contributed by atoms with Crippen LogP contribution in [0.3, 0.4) is 0 Å². The molecule has 0 aromatic carbocycles. The first-order chi connectivity index (χ1) is 9.93. The Kier molecular flexibility index (Phi) is 4.29. The van der Waals surface area contributed by atoms with Crippen LogP contribution in [0.25, 0.3) is 0 Å². The van der Waals surface area contributed by atoms with Gasteiger partial charge in [-0.3, -0.25) is 10.1 Å². The van der Waals surface area contributed by atoms with Crippen molar-refractivity contribution in [2.45, 2.75) is 25.8 Å². The molecule has 0 aliphatic carbocycles. The summed E-state index contributed by atoms with van der Waals surface area (Å²) in [4.78, 5) is 23.9. The Morgan fingerprint density at radius 3 is 2.90 bits per heavy atom. The van der Waals surface area contributed by atoms with E-state index >= 15 is 0 Å². The molecule has 2 heterocycles. The molecule has 9 nitrogen and oxygen atoms in total. The molecule has 1 fully saturated rings. The van der Waals surface area contributed by atoms with Gasteiger partial charge in [-0.15, -0.1) is 0 Å². The number of likely N-dealkylation sites (tertiary alicyclic amines) is 1. The van der Waals surface area contributed by atoms with Gasteiger partial charge in [0, 0.05) is 26.2 Å². The Labute approximate surface area is 122 Å². The van der Waals surface area contributed by atoms with Gasteiger partial charge in [0.15, 0.2) is 0 Å². The summed E-state index contributed by atoms with van der Waals surface area (Å²) in [6.45, 7) is 2.69. The molecule has 1 aliphatic heterocycles. The summed E-state index contributed by atoms with van der Waals surface area (Å²) in [5, 5.41) is 18.4. The lowest BCUT2D eigenvalue weighted by Gasteiger charge is -2.32. The lowest BCUT2D eigenvalue weighted by atomic mass is 10.1. The molecule has 0 bridgehead atoms. The summed E-state index contributed by atoms with van der Waals surface area (Å²) in [7, 11) is 3.00. The third-order valence-corrected chi connectivity index (χ3v) is 3.57. The smallest absolute Gasteiger partial charge is 0.409 e. The van der Waals surface area contributed by atoms with Crippen LogP contribution in [0.5, 0.6) is 0 Å². The number of aryl methyl sites for hydroxylation is 2. The van der Waals surface area contributed by atoms with E-state index in [9.17, 15) is 14.9 Å². The fraction of sp³-hybridized carbons (Fsp3) is 0.667. The first-order valence-corrected chi connectivity index (χ1v) is 6.71. The minimum absolute atomic E-state index is 0.0207. The second-order valence-electron chi connectivity index (χ2n) is 5.06. The van der Waals surface area contributed by atoms with Gasteiger partial charge in [0.2, 0.25) is 5.82 Å². The number of aromatic nitrogens is 2. The number of nitro groups is 1. The molecule has 1 atom stereocenters. The van der Waals surface area contributed by atoms with Crippen molar-refractivity contribution in [1.82, 2.24) is 14.7 Å². The number of anilines is 1. The molecule has 1 saturated heterocycles. The van der Waals surface area contributed by atoms with Crippen LogP contribution in [-0.4, -0.2) is 51.9 Å². The van der Waals surface area contributed by atoms with E-state index < -0.39 is 4.92 Å². The molecule has 1 unspecified atom stereocenters. The topological polar surface area (TPSA) is 103 Å². The van der Waals surface area contributed by atoms with Gasteiger partial charge >= 0.3 is 11.8 Å². The summed E-state index contributed by atoms with van der Waals surface area (Å²) in [6.07, 6.45) is 1.27. The van der Waals surface area contributed by atoms with E-state index in [2.05, 4.69) is 10.4 Å². The number of carbonyl (C=O) groups excluding carboxylic acids is 1. The van der Waals surface area contributed by atoms with Gasteiger partial charge in [0.05, 0.1) is 12.0 Å². The van der Waals surface area contributed by atoms with E-state index in [4.69, 9.17) is 4.74 Å². The van der Waals surface area contributed by atoms with Crippen molar-refractivity contribution < 1.29 is 14.5 Å². The van der Waals surface area contributed by atoms with Crippen LogP contribution in [0.2, 0.25) is 0 Å². The van der Waals surface area contributed by atoms with Crippen LogP contribution in [0.15, 0.2) is 0 Å². The Bertz CT molecular complexity index is 556. The number of piperidine rings is 1. The zero-order valence-corrected chi connectivity index (χ0v) is 12.3. The van der Waals surface area contributed by atoms with E-state index in [-0.39, 0.29) is 17.8 Å². The molecule has 1 aromatic heterocycles. The van der Waals surface area contributed by atoms with Gasteiger partial charge in [0.1, 0.15) is 5.69 Å². The number of hydrogen-bond donors (Lipinski definition) is 1. The molecular formula is C12H19N5O4. The number of amides is 1. The van der Waals surface area contributed by atoms with E-state index in [1.807, 2.05) is 0 Å². The minimum atomic E-state index is -0.439. The predicted octanol–water partition coefficient (Wildman–Crippen LogP) is 1.28. The SMILES string of the molecule is COC(=O)N1CCCC(Nc2c([N+](=O)[O-])c(C)nn2C)C1. The summed E-state index contributed by atoms with van der Waals surface area (Å²) in [5.74, 6) is 0.370. The van der Waals surface area contributed by atoms with E-state index in [1.54, 1.807) is 18.9 Å². The molecule has 1 N–H and O–H groups in total. The molecule has 1 amide bonds. The maximum atomic E-state index is 11.6. The lowest BCUT2D eigenvalue weighted by Crippen LogP contribution is -2.45. The number of carbonyl (C=O) groups is 1. The molecular weight excluding hydrogens is 278 g/mol.